The normalized spacial score (nSPS) is 17.6. The van der Waals surface area contributed by atoms with Crippen LogP contribution in [0.2, 0.25) is 0 Å². The van der Waals surface area contributed by atoms with Gasteiger partial charge < -0.3 is 19.9 Å². The number of rotatable bonds is 6. The van der Waals surface area contributed by atoms with E-state index in [1.54, 1.807) is 7.11 Å². The molecule has 0 spiro atoms. The Kier molecular flexibility index (Phi) is 5.72. The molecule has 1 fully saturated rings. The van der Waals surface area contributed by atoms with Crippen LogP contribution < -0.4 is 10.5 Å². The maximum Gasteiger partial charge on any atom is 0.157 e. The highest BCUT2D eigenvalue weighted by atomic mass is 16.7. The van der Waals surface area contributed by atoms with Crippen LogP contribution in [0, 0.1) is 0 Å². The van der Waals surface area contributed by atoms with E-state index in [9.17, 15) is 0 Å². The molecule has 1 heterocycles. The third kappa shape index (κ3) is 4.08. The van der Waals surface area contributed by atoms with Gasteiger partial charge in [-0.05, 0) is 60.6 Å². The van der Waals surface area contributed by atoms with Crippen molar-refractivity contribution in [1.82, 2.24) is 0 Å². The Morgan fingerprint density at radius 3 is 2.67 bits per heavy atom. The van der Waals surface area contributed by atoms with Gasteiger partial charge in [0.25, 0.3) is 0 Å². The minimum absolute atomic E-state index is 0.0619. The summed E-state index contributed by atoms with van der Waals surface area (Å²) >= 11 is 0. The molecule has 0 aliphatic carbocycles. The van der Waals surface area contributed by atoms with Gasteiger partial charge in [0.05, 0.1) is 13.7 Å². The second kappa shape index (κ2) is 8.18. The van der Waals surface area contributed by atoms with Crippen molar-refractivity contribution in [1.29, 1.82) is 0 Å². The van der Waals surface area contributed by atoms with Crippen LogP contribution in [-0.4, -0.2) is 26.6 Å². The zero-order chi connectivity index (χ0) is 16.8. The fourth-order valence-electron chi connectivity index (χ4n) is 3.06. The Labute approximate surface area is 143 Å². The quantitative estimate of drug-likeness (QED) is 0.814. The monoisotopic (exact) mass is 327 g/mol. The van der Waals surface area contributed by atoms with E-state index in [0.717, 1.165) is 54.0 Å². The van der Waals surface area contributed by atoms with Gasteiger partial charge in [-0.3, -0.25) is 0 Å². The first-order chi connectivity index (χ1) is 11.8. The molecule has 24 heavy (non-hydrogen) atoms. The fraction of sp³-hybridized carbons (Fsp3) is 0.400. The molecule has 0 radical (unpaired) electrons. The van der Waals surface area contributed by atoms with Crippen LogP contribution in [0.25, 0.3) is 11.1 Å². The molecule has 0 aromatic heterocycles. The minimum atomic E-state index is -0.0619. The first-order valence-corrected chi connectivity index (χ1v) is 8.53. The second-order valence-corrected chi connectivity index (χ2v) is 6.02. The van der Waals surface area contributed by atoms with Gasteiger partial charge in [0.1, 0.15) is 5.75 Å². The van der Waals surface area contributed by atoms with E-state index in [1.165, 1.54) is 6.42 Å². The number of methoxy groups -OCH3 is 1. The largest absolute Gasteiger partial charge is 0.497 e. The van der Waals surface area contributed by atoms with E-state index in [0.29, 0.717) is 6.61 Å². The first-order valence-electron chi connectivity index (χ1n) is 8.53. The lowest BCUT2D eigenvalue weighted by molar-refractivity contribution is -0.161. The smallest absolute Gasteiger partial charge is 0.157 e. The van der Waals surface area contributed by atoms with Gasteiger partial charge >= 0.3 is 0 Å². The van der Waals surface area contributed by atoms with E-state index in [4.69, 9.17) is 19.9 Å². The molecule has 2 aromatic carbocycles. The summed E-state index contributed by atoms with van der Waals surface area (Å²) in [5.74, 6) is 0.849. The van der Waals surface area contributed by atoms with Crippen LogP contribution in [0.1, 0.15) is 24.8 Å². The summed E-state index contributed by atoms with van der Waals surface area (Å²) in [6.07, 6.45) is 4.00. The number of benzene rings is 2. The van der Waals surface area contributed by atoms with Crippen molar-refractivity contribution in [2.45, 2.75) is 32.0 Å². The number of hydrogen-bond donors (Lipinski definition) is 1. The molecule has 4 heteroatoms. The summed E-state index contributed by atoms with van der Waals surface area (Å²) in [5.41, 5.74) is 10.4. The second-order valence-electron chi connectivity index (χ2n) is 6.02. The molecular formula is C20H25NO3. The number of nitrogen functional groups attached to an aromatic ring is 1. The van der Waals surface area contributed by atoms with Gasteiger partial charge in [0, 0.05) is 12.3 Å². The molecule has 3 rings (SSSR count). The molecule has 2 aromatic rings. The van der Waals surface area contributed by atoms with Crippen molar-refractivity contribution in [3.63, 3.8) is 0 Å². The molecule has 1 aliphatic heterocycles. The van der Waals surface area contributed by atoms with Crippen LogP contribution in [-0.2, 0) is 15.9 Å². The SMILES string of the molecule is COc1ccc(-c2cccc(N)c2CCOC2CCCCO2)cc1. The number of hydrogen-bond acceptors (Lipinski definition) is 4. The molecule has 128 valence electrons. The van der Waals surface area contributed by atoms with Crippen molar-refractivity contribution < 1.29 is 14.2 Å². The van der Waals surface area contributed by atoms with E-state index in [1.807, 2.05) is 24.3 Å². The maximum atomic E-state index is 6.22. The third-order valence-electron chi connectivity index (χ3n) is 4.41. The summed E-state index contributed by atoms with van der Waals surface area (Å²) in [6.45, 7) is 1.41. The van der Waals surface area contributed by atoms with Gasteiger partial charge in [0.2, 0.25) is 0 Å². The Bertz CT molecular complexity index is 648. The summed E-state index contributed by atoms with van der Waals surface area (Å²) in [4.78, 5) is 0. The van der Waals surface area contributed by atoms with E-state index >= 15 is 0 Å². The molecule has 4 nitrogen and oxygen atoms in total. The number of nitrogens with two attached hydrogens (primary N) is 1. The molecular weight excluding hydrogens is 302 g/mol. The zero-order valence-corrected chi connectivity index (χ0v) is 14.2. The van der Waals surface area contributed by atoms with E-state index in [-0.39, 0.29) is 6.29 Å². The maximum absolute atomic E-state index is 6.22. The zero-order valence-electron chi connectivity index (χ0n) is 14.2. The van der Waals surface area contributed by atoms with E-state index < -0.39 is 0 Å². The highest BCUT2D eigenvalue weighted by Gasteiger charge is 2.15. The first kappa shape index (κ1) is 16.8. The molecule has 0 amide bonds. The van der Waals surface area contributed by atoms with Gasteiger partial charge in [-0.1, -0.05) is 24.3 Å². The van der Waals surface area contributed by atoms with Crippen molar-refractivity contribution >= 4 is 5.69 Å². The molecule has 2 N–H and O–H groups in total. The van der Waals surface area contributed by atoms with Crippen LogP contribution in [0.15, 0.2) is 42.5 Å². The van der Waals surface area contributed by atoms with Crippen LogP contribution in [0.3, 0.4) is 0 Å². The summed E-state index contributed by atoms with van der Waals surface area (Å²) in [6, 6.07) is 14.1. The van der Waals surface area contributed by atoms with Crippen molar-refractivity contribution in [3.05, 3.63) is 48.0 Å². The summed E-state index contributed by atoms with van der Waals surface area (Å²) in [7, 11) is 1.67. The van der Waals surface area contributed by atoms with Crippen LogP contribution in [0.5, 0.6) is 5.75 Å². The Hall–Kier alpha value is -2.04. The topological polar surface area (TPSA) is 53.7 Å². The lowest BCUT2D eigenvalue weighted by Gasteiger charge is -2.23. The lowest BCUT2D eigenvalue weighted by atomic mass is 9.96. The highest BCUT2D eigenvalue weighted by Crippen LogP contribution is 2.30. The Morgan fingerprint density at radius 1 is 1.12 bits per heavy atom. The molecule has 0 bridgehead atoms. The predicted octanol–water partition coefficient (Wildman–Crippen LogP) is 4.03. The van der Waals surface area contributed by atoms with Crippen LogP contribution in [0.4, 0.5) is 5.69 Å². The van der Waals surface area contributed by atoms with Crippen molar-refractivity contribution in [2.75, 3.05) is 26.1 Å². The third-order valence-corrected chi connectivity index (χ3v) is 4.41. The average Bonchev–Trinajstić information content (AvgIpc) is 2.64. The fourth-order valence-corrected chi connectivity index (χ4v) is 3.06. The minimum Gasteiger partial charge on any atom is -0.497 e. The summed E-state index contributed by atoms with van der Waals surface area (Å²) in [5, 5.41) is 0. The van der Waals surface area contributed by atoms with Crippen LogP contribution >= 0.6 is 0 Å². The Balaban J connectivity index is 1.71. The number of ether oxygens (including phenoxy) is 3. The lowest BCUT2D eigenvalue weighted by Crippen LogP contribution is -2.23. The average molecular weight is 327 g/mol. The molecule has 1 atom stereocenters. The standard InChI is InChI=1S/C20H25NO3/c1-22-16-10-8-15(9-11-16)17-5-4-6-19(21)18(17)12-14-24-20-7-2-3-13-23-20/h4-6,8-11,20H,2-3,7,12-14,21H2,1H3. The van der Waals surface area contributed by atoms with Gasteiger partial charge in [-0.25, -0.2) is 0 Å². The molecule has 1 saturated heterocycles. The van der Waals surface area contributed by atoms with Crippen molar-refractivity contribution in [2.24, 2.45) is 0 Å². The van der Waals surface area contributed by atoms with Crippen molar-refractivity contribution in [3.8, 4) is 16.9 Å². The highest BCUT2D eigenvalue weighted by molar-refractivity contribution is 5.73. The molecule has 1 unspecified atom stereocenters. The summed E-state index contributed by atoms with van der Waals surface area (Å²) < 4.78 is 16.7. The molecule has 0 saturated carbocycles. The molecule has 1 aliphatic rings. The van der Waals surface area contributed by atoms with Gasteiger partial charge in [-0.2, -0.15) is 0 Å². The predicted molar refractivity (Wildman–Crippen MR) is 96.1 cm³/mol. The van der Waals surface area contributed by atoms with Gasteiger partial charge in [-0.15, -0.1) is 0 Å². The number of anilines is 1. The van der Waals surface area contributed by atoms with Gasteiger partial charge in [0.15, 0.2) is 6.29 Å². The van der Waals surface area contributed by atoms with E-state index in [2.05, 4.69) is 18.2 Å². The Morgan fingerprint density at radius 2 is 1.96 bits per heavy atom.